The number of aromatic hydroxyl groups is 1. The van der Waals surface area contributed by atoms with E-state index in [2.05, 4.69) is 15.1 Å². The monoisotopic (exact) mass is 313 g/mol. The molecule has 0 spiro atoms. The molecule has 0 saturated carbocycles. The molecular formula is C18H23N3O2. The predicted molar refractivity (Wildman–Crippen MR) is 90.8 cm³/mol. The summed E-state index contributed by atoms with van der Waals surface area (Å²) < 4.78 is 5.23. The van der Waals surface area contributed by atoms with Crippen LogP contribution < -0.4 is 4.90 Å². The Hall–Kier alpha value is -2.14. The fraction of sp³-hybridized carbons (Fsp3) is 0.444. The molecule has 5 nitrogen and oxygen atoms in total. The van der Waals surface area contributed by atoms with Gasteiger partial charge < -0.3 is 14.7 Å². The highest BCUT2D eigenvalue weighted by molar-refractivity contribution is 5.71. The number of methoxy groups -OCH3 is 1. The summed E-state index contributed by atoms with van der Waals surface area (Å²) in [7, 11) is 1.74. The zero-order chi connectivity index (χ0) is 16.4. The van der Waals surface area contributed by atoms with Crippen LogP contribution in [0.1, 0.15) is 17.5 Å². The smallest absolute Gasteiger partial charge is 0.151 e. The summed E-state index contributed by atoms with van der Waals surface area (Å²) in [6, 6.07) is 7.72. The molecule has 1 fully saturated rings. The van der Waals surface area contributed by atoms with Gasteiger partial charge in [-0.05, 0) is 49.6 Å². The number of phenols is 1. The van der Waals surface area contributed by atoms with E-state index in [0.29, 0.717) is 11.6 Å². The Kier molecular flexibility index (Phi) is 4.48. The Morgan fingerprint density at radius 2 is 2.09 bits per heavy atom. The molecule has 1 saturated heterocycles. The lowest BCUT2D eigenvalue weighted by atomic mass is 10.0. The van der Waals surface area contributed by atoms with Crippen LogP contribution in [0.3, 0.4) is 0 Å². The maximum Gasteiger partial charge on any atom is 0.151 e. The molecule has 3 rings (SSSR count). The van der Waals surface area contributed by atoms with Crippen LogP contribution >= 0.6 is 0 Å². The molecule has 23 heavy (non-hydrogen) atoms. The Morgan fingerprint density at radius 1 is 1.26 bits per heavy atom. The molecule has 2 heterocycles. The van der Waals surface area contributed by atoms with E-state index in [1.54, 1.807) is 13.2 Å². The summed E-state index contributed by atoms with van der Waals surface area (Å²) in [5, 5.41) is 18.9. The first kappa shape index (κ1) is 15.7. The third-order valence-corrected chi connectivity index (χ3v) is 4.38. The Balaban J connectivity index is 1.81. The molecule has 2 aromatic rings. The molecule has 1 N–H and O–H groups in total. The highest BCUT2D eigenvalue weighted by Crippen LogP contribution is 2.32. The number of hydrogen-bond donors (Lipinski definition) is 1. The molecule has 1 atom stereocenters. The van der Waals surface area contributed by atoms with Gasteiger partial charge >= 0.3 is 0 Å². The highest BCUT2D eigenvalue weighted by atomic mass is 16.5. The molecule has 1 aliphatic rings. The van der Waals surface area contributed by atoms with Crippen molar-refractivity contribution in [2.75, 3.05) is 31.7 Å². The van der Waals surface area contributed by atoms with Crippen molar-refractivity contribution in [1.82, 2.24) is 10.2 Å². The SMILES string of the molecule is COC[C@@H]1CCN(c2ccc(-c3c(C)cc(C)cc3O)nn2)C1. The van der Waals surface area contributed by atoms with Crippen LogP contribution in [0.15, 0.2) is 24.3 Å². The van der Waals surface area contributed by atoms with Crippen LogP contribution in [-0.4, -0.2) is 42.1 Å². The molecule has 0 aliphatic carbocycles. The second-order valence-electron chi connectivity index (χ2n) is 6.31. The van der Waals surface area contributed by atoms with E-state index in [9.17, 15) is 5.11 Å². The van der Waals surface area contributed by atoms with Gasteiger partial charge in [-0.2, -0.15) is 0 Å². The maximum absolute atomic E-state index is 10.2. The molecule has 1 aliphatic heterocycles. The molecule has 5 heteroatoms. The molecular weight excluding hydrogens is 290 g/mol. The topological polar surface area (TPSA) is 58.5 Å². The summed E-state index contributed by atoms with van der Waals surface area (Å²) in [6.07, 6.45) is 1.12. The van der Waals surface area contributed by atoms with Crippen LogP contribution in [0, 0.1) is 19.8 Å². The third kappa shape index (κ3) is 3.29. The minimum absolute atomic E-state index is 0.255. The van der Waals surface area contributed by atoms with Crippen LogP contribution in [0.2, 0.25) is 0 Å². The first-order valence-electron chi connectivity index (χ1n) is 7.96. The maximum atomic E-state index is 10.2. The quantitative estimate of drug-likeness (QED) is 0.940. The van der Waals surface area contributed by atoms with Gasteiger partial charge in [-0.25, -0.2) is 0 Å². The normalized spacial score (nSPS) is 17.7. The molecule has 0 unspecified atom stereocenters. The summed E-state index contributed by atoms with van der Waals surface area (Å²) in [4.78, 5) is 2.24. The fourth-order valence-electron chi connectivity index (χ4n) is 3.32. The third-order valence-electron chi connectivity index (χ3n) is 4.38. The first-order valence-corrected chi connectivity index (χ1v) is 7.96. The van der Waals surface area contributed by atoms with Gasteiger partial charge in [-0.1, -0.05) is 6.07 Å². The van der Waals surface area contributed by atoms with E-state index in [1.807, 2.05) is 32.0 Å². The summed E-state index contributed by atoms with van der Waals surface area (Å²) in [5.74, 6) is 1.70. The highest BCUT2D eigenvalue weighted by Gasteiger charge is 2.23. The number of nitrogens with zero attached hydrogens (tertiary/aromatic N) is 3. The first-order chi connectivity index (χ1) is 11.1. The van der Waals surface area contributed by atoms with Crippen molar-refractivity contribution in [2.45, 2.75) is 20.3 Å². The van der Waals surface area contributed by atoms with E-state index in [0.717, 1.165) is 48.6 Å². The number of aryl methyl sites for hydroxylation is 2. The van der Waals surface area contributed by atoms with Gasteiger partial charge in [0.2, 0.25) is 0 Å². The van der Waals surface area contributed by atoms with E-state index in [1.165, 1.54) is 0 Å². The number of anilines is 1. The van der Waals surface area contributed by atoms with E-state index < -0.39 is 0 Å². The van der Waals surface area contributed by atoms with Crippen molar-refractivity contribution in [3.05, 3.63) is 35.4 Å². The molecule has 1 aromatic heterocycles. The van der Waals surface area contributed by atoms with Gasteiger partial charge in [0.1, 0.15) is 5.75 Å². The van der Waals surface area contributed by atoms with Gasteiger partial charge in [-0.3, -0.25) is 0 Å². The van der Waals surface area contributed by atoms with Gasteiger partial charge in [-0.15, -0.1) is 10.2 Å². The van der Waals surface area contributed by atoms with Crippen LogP contribution in [0.4, 0.5) is 5.82 Å². The minimum Gasteiger partial charge on any atom is -0.507 e. The van der Waals surface area contributed by atoms with Gasteiger partial charge in [0.15, 0.2) is 5.82 Å². The average Bonchev–Trinajstić information content (AvgIpc) is 2.96. The Bertz CT molecular complexity index is 662. The van der Waals surface area contributed by atoms with Gasteiger partial charge in [0, 0.05) is 31.7 Å². The fourth-order valence-corrected chi connectivity index (χ4v) is 3.32. The number of aromatic nitrogens is 2. The molecule has 0 radical (unpaired) electrons. The van der Waals surface area contributed by atoms with Crippen LogP contribution in [0.5, 0.6) is 5.75 Å². The second kappa shape index (κ2) is 6.54. The number of hydrogen-bond acceptors (Lipinski definition) is 5. The van der Waals surface area contributed by atoms with E-state index in [4.69, 9.17) is 4.74 Å². The lowest BCUT2D eigenvalue weighted by Gasteiger charge is -2.17. The summed E-state index contributed by atoms with van der Waals surface area (Å²) in [5.41, 5.74) is 3.50. The van der Waals surface area contributed by atoms with Crippen molar-refractivity contribution in [1.29, 1.82) is 0 Å². The number of benzene rings is 1. The summed E-state index contributed by atoms with van der Waals surface area (Å²) >= 11 is 0. The van der Waals surface area contributed by atoms with Gasteiger partial charge in [0.05, 0.1) is 12.3 Å². The van der Waals surface area contributed by atoms with Crippen molar-refractivity contribution in [2.24, 2.45) is 5.92 Å². The zero-order valence-corrected chi connectivity index (χ0v) is 13.9. The molecule has 0 bridgehead atoms. The molecule has 0 amide bonds. The summed E-state index contributed by atoms with van der Waals surface area (Å²) in [6.45, 7) is 6.68. The van der Waals surface area contributed by atoms with Crippen LogP contribution in [0.25, 0.3) is 11.3 Å². The van der Waals surface area contributed by atoms with Crippen LogP contribution in [-0.2, 0) is 4.74 Å². The molecule has 1 aromatic carbocycles. The Morgan fingerprint density at radius 3 is 2.74 bits per heavy atom. The largest absolute Gasteiger partial charge is 0.507 e. The average molecular weight is 313 g/mol. The van der Waals surface area contributed by atoms with E-state index >= 15 is 0 Å². The number of ether oxygens (including phenoxy) is 1. The van der Waals surface area contributed by atoms with Crippen molar-refractivity contribution >= 4 is 5.82 Å². The zero-order valence-electron chi connectivity index (χ0n) is 13.9. The number of rotatable bonds is 4. The van der Waals surface area contributed by atoms with Crippen molar-refractivity contribution in [3.8, 4) is 17.0 Å². The molecule has 122 valence electrons. The number of phenolic OH excluding ortho intramolecular Hbond substituents is 1. The predicted octanol–water partition coefficient (Wildman–Crippen LogP) is 2.94. The lowest BCUT2D eigenvalue weighted by molar-refractivity contribution is 0.161. The standard InChI is InChI=1S/C18H23N3O2/c1-12-8-13(2)18(16(22)9-12)15-4-5-17(20-19-15)21-7-6-14(10-21)11-23-3/h4-5,8-9,14,22H,6-7,10-11H2,1-3H3/t14-/m1/s1. The Labute approximate surface area is 136 Å². The second-order valence-corrected chi connectivity index (χ2v) is 6.31. The van der Waals surface area contributed by atoms with E-state index in [-0.39, 0.29) is 5.75 Å². The van der Waals surface area contributed by atoms with Crippen molar-refractivity contribution < 1.29 is 9.84 Å². The lowest BCUT2D eigenvalue weighted by Crippen LogP contribution is -2.22. The van der Waals surface area contributed by atoms with Gasteiger partial charge in [0.25, 0.3) is 0 Å². The minimum atomic E-state index is 0.255. The van der Waals surface area contributed by atoms with Crippen molar-refractivity contribution in [3.63, 3.8) is 0 Å².